The highest BCUT2D eigenvalue weighted by molar-refractivity contribution is 5.67. The van der Waals surface area contributed by atoms with Crippen LogP contribution in [0.4, 0.5) is 11.4 Å². The van der Waals surface area contributed by atoms with Gasteiger partial charge in [-0.3, -0.25) is 9.97 Å². The van der Waals surface area contributed by atoms with Crippen LogP contribution in [-0.2, 0) is 0 Å². The molecule has 4 heteroatoms. The molecule has 1 saturated heterocycles. The second-order valence-electron chi connectivity index (χ2n) is 4.57. The Bertz CT molecular complexity index is 526. The van der Waals surface area contributed by atoms with E-state index in [4.69, 9.17) is 5.73 Å². The van der Waals surface area contributed by atoms with Crippen molar-refractivity contribution in [3.63, 3.8) is 0 Å². The maximum absolute atomic E-state index is 6.02. The predicted molar refractivity (Wildman–Crippen MR) is 72.2 cm³/mol. The first-order chi connectivity index (χ1) is 8.86. The van der Waals surface area contributed by atoms with Crippen molar-refractivity contribution < 1.29 is 0 Å². The van der Waals surface area contributed by atoms with Gasteiger partial charge in [-0.25, -0.2) is 0 Å². The number of aromatic nitrogens is 2. The Hall–Kier alpha value is -2.10. The number of nitrogens with two attached hydrogens (primary N) is 1. The third-order valence-corrected chi connectivity index (χ3v) is 3.46. The molecule has 4 nitrogen and oxygen atoms in total. The van der Waals surface area contributed by atoms with Crippen LogP contribution in [0, 0.1) is 0 Å². The largest absolute Gasteiger partial charge is 0.396 e. The first-order valence-corrected chi connectivity index (χ1v) is 6.22. The lowest BCUT2D eigenvalue weighted by atomic mass is 10.1. The minimum atomic E-state index is 0.378. The lowest BCUT2D eigenvalue weighted by Gasteiger charge is -2.27. The Balaban J connectivity index is 1.95. The Labute approximate surface area is 106 Å². The van der Waals surface area contributed by atoms with Crippen LogP contribution >= 0.6 is 0 Å². The van der Waals surface area contributed by atoms with Gasteiger partial charge >= 0.3 is 0 Å². The molecule has 2 aromatic rings. The molecule has 18 heavy (non-hydrogen) atoms. The number of nitrogen functional groups attached to an aromatic ring is 1. The Morgan fingerprint density at radius 3 is 2.83 bits per heavy atom. The third kappa shape index (κ3) is 1.90. The Kier molecular flexibility index (Phi) is 2.84. The highest BCUT2D eigenvalue weighted by atomic mass is 15.2. The SMILES string of the molecule is Nc1cnccc1N1CCCC1c1cccnc1. The number of anilines is 2. The van der Waals surface area contributed by atoms with E-state index < -0.39 is 0 Å². The van der Waals surface area contributed by atoms with Gasteiger partial charge in [0.2, 0.25) is 0 Å². The van der Waals surface area contributed by atoms with Gasteiger partial charge in [0, 0.05) is 25.1 Å². The molecule has 1 aliphatic heterocycles. The smallest absolute Gasteiger partial charge is 0.0738 e. The van der Waals surface area contributed by atoms with Crippen LogP contribution in [-0.4, -0.2) is 16.5 Å². The van der Waals surface area contributed by atoms with Gasteiger partial charge in [0.15, 0.2) is 0 Å². The van der Waals surface area contributed by atoms with E-state index in [-0.39, 0.29) is 0 Å². The molecule has 1 unspecified atom stereocenters. The maximum atomic E-state index is 6.02. The highest BCUT2D eigenvalue weighted by Crippen LogP contribution is 2.37. The van der Waals surface area contributed by atoms with Crippen molar-refractivity contribution in [1.82, 2.24) is 9.97 Å². The molecule has 0 saturated carbocycles. The van der Waals surface area contributed by atoms with Crippen LogP contribution < -0.4 is 10.6 Å². The molecule has 92 valence electrons. The zero-order chi connectivity index (χ0) is 12.4. The van der Waals surface area contributed by atoms with Crippen molar-refractivity contribution >= 4 is 11.4 Å². The Morgan fingerprint density at radius 1 is 1.17 bits per heavy atom. The van der Waals surface area contributed by atoms with Crippen molar-refractivity contribution in [2.24, 2.45) is 0 Å². The van der Waals surface area contributed by atoms with E-state index in [2.05, 4.69) is 20.9 Å². The molecule has 2 aromatic heterocycles. The van der Waals surface area contributed by atoms with Crippen molar-refractivity contribution in [2.45, 2.75) is 18.9 Å². The van der Waals surface area contributed by atoms with Crippen LogP contribution in [0.25, 0.3) is 0 Å². The van der Waals surface area contributed by atoms with E-state index >= 15 is 0 Å². The van der Waals surface area contributed by atoms with E-state index in [1.165, 1.54) is 12.0 Å². The summed E-state index contributed by atoms with van der Waals surface area (Å²) in [4.78, 5) is 10.6. The van der Waals surface area contributed by atoms with Crippen LogP contribution in [0.5, 0.6) is 0 Å². The summed E-state index contributed by atoms with van der Waals surface area (Å²) in [6.45, 7) is 1.04. The first kappa shape index (κ1) is 11.0. The van der Waals surface area contributed by atoms with Gasteiger partial charge in [-0.15, -0.1) is 0 Å². The second-order valence-corrected chi connectivity index (χ2v) is 4.57. The molecule has 0 aromatic carbocycles. The summed E-state index contributed by atoms with van der Waals surface area (Å²) in [5, 5.41) is 0. The molecule has 0 aliphatic carbocycles. The first-order valence-electron chi connectivity index (χ1n) is 6.22. The highest BCUT2D eigenvalue weighted by Gasteiger charge is 2.27. The van der Waals surface area contributed by atoms with Crippen LogP contribution in [0.1, 0.15) is 24.4 Å². The van der Waals surface area contributed by atoms with Crippen molar-refractivity contribution in [1.29, 1.82) is 0 Å². The average Bonchev–Trinajstić information content (AvgIpc) is 2.89. The fraction of sp³-hybridized carbons (Fsp3) is 0.286. The summed E-state index contributed by atoms with van der Waals surface area (Å²) >= 11 is 0. The molecule has 0 radical (unpaired) electrons. The normalized spacial score (nSPS) is 19.1. The minimum Gasteiger partial charge on any atom is -0.396 e. The van der Waals surface area contributed by atoms with Crippen LogP contribution in [0.2, 0.25) is 0 Å². The molecule has 3 rings (SSSR count). The second kappa shape index (κ2) is 4.64. The standard InChI is InChI=1S/C14H16N4/c15-12-10-17-7-5-14(12)18-8-2-4-13(18)11-3-1-6-16-9-11/h1,3,5-7,9-10,13H,2,4,8,15H2. The summed E-state index contributed by atoms with van der Waals surface area (Å²) in [5.74, 6) is 0. The van der Waals surface area contributed by atoms with Crippen molar-refractivity contribution in [3.05, 3.63) is 48.5 Å². The van der Waals surface area contributed by atoms with E-state index in [1.54, 1.807) is 12.4 Å². The zero-order valence-electron chi connectivity index (χ0n) is 10.2. The molecule has 1 aliphatic rings. The van der Waals surface area contributed by atoms with Crippen LogP contribution in [0.3, 0.4) is 0 Å². The quantitative estimate of drug-likeness (QED) is 0.875. The number of pyridine rings is 2. The molecule has 0 bridgehead atoms. The van der Waals surface area contributed by atoms with Crippen LogP contribution in [0.15, 0.2) is 43.0 Å². The fourth-order valence-corrected chi connectivity index (χ4v) is 2.64. The van der Waals surface area contributed by atoms with Crippen molar-refractivity contribution in [2.75, 3.05) is 17.2 Å². The molecular formula is C14H16N4. The predicted octanol–water partition coefficient (Wildman–Crippen LogP) is 2.40. The Morgan fingerprint density at radius 2 is 2.06 bits per heavy atom. The lowest BCUT2D eigenvalue weighted by Crippen LogP contribution is -2.23. The molecule has 0 amide bonds. The average molecular weight is 240 g/mol. The van der Waals surface area contributed by atoms with Gasteiger partial charge < -0.3 is 10.6 Å². The molecular weight excluding hydrogens is 224 g/mol. The zero-order valence-corrected chi connectivity index (χ0v) is 10.2. The topological polar surface area (TPSA) is 55.0 Å². The van der Waals surface area contributed by atoms with E-state index in [0.29, 0.717) is 6.04 Å². The maximum Gasteiger partial charge on any atom is 0.0738 e. The summed E-state index contributed by atoms with van der Waals surface area (Å²) in [6, 6.07) is 6.49. The van der Waals surface area contributed by atoms with E-state index in [0.717, 1.165) is 24.3 Å². The van der Waals surface area contributed by atoms with Crippen molar-refractivity contribution in [3.8, 4) is 0 Å². The number of hydrogen-bond donors (Lipinski definition) is 1. The van der Waals surface area contributed by atoms with E-state index in [9.17, 15) is 0 Å². The van der Waals surface area contributed by atoms with Gasteiger partial charge in [0.05, 0.1) is 23.6 Å². The van der Waals surface area contributed by atoms with E-state index in [1.807, 2.05) is 24.5 Å². The molecule has 2 N–H and O–H groups in total. The molecule has 3 heterocycles. The summed E-state index contributed by atoms with van der Waals surface area (Å²) in [5.41, 5.74) is 9.10. The van der Waals surface area contributed by atoms with Gasteiger partial charge in [-0.1, -0.05) is 6.07 Å². The minimum absolute atomic E-state index is 0.378. The number of hydrogen-bond acceptors (Lipinski definition) is 4. The fourth-order valence-electron chi connectivity index (χ4n) is 2.64. The van der Waals surface area contributed by atoms with Gasteiger partial charge in [0.1, 0.15) is 0 Å². The number of rotatable bonds is 2. The molecule has 0 spiro atoms. The molecule has 1 atom stereocenters. The lowest BCUT2D eigenvalue weighted by molar-refractivity contribution is 0.716. The summed E-state index contributed by atoms with van der Waals surface area (Å²) in [6.07, 6.45) is 9.59. The third-order valence-electron chi connectivity index (χ3n) is 3.46. The van der Waals surface area contributed by atoms with Gasteiger partial charge in [-0.2, -0.15) is 0 Å². The monoisotopic (exact) mass is 240 g/mol. The summed E-state index contributed by atoms with van der Waals surface area (Å²) in [7, 11) is 0. The van der Waals surface area contributed by atoms with Gasteiger partial charge in [0.25, 0.3) is 0 Å². The van der Waals surface area contributed by atoms with Gasteiger partial charge in [-0.05, 0) is 30.5 Å². The molecule has 1 fully saturated rings. The number of nitrogens with zero attached hydrogens (tertiary/aromatic N) is 3. The summed E-state index contributed by atoms with van der Waals surface area (Å²) < 4.78 is 0.